The number of rotatable bonds is 8. The number of carbonyl (C=O) groups excluding carboxylic acids is 1. The van der Waals surface area contributed by atoms with Gasteiger partial charge in [0.1, 0.15) is 12.6 Å². The van der Waals surface area contributed by atoms with E-state index in [1.807, 2.05) is 32.3 Å². The molecule has 3 atom stereocenters. The fourth-order valence-corrected chi connectivity index (χ4v) is 5.57. The van der Waals surface area contributed by atoms with Crippen molar-refractivity contribution in [2.24, 2.45) is 17.8 Å². The zero-order valence-electron chi connectivity index (χ0n) is 22.3. The number of ether oxygens (including phenoxy) is 1. The van der Waals surface area contributed by atoms with Crippen LogP contribution in [-0.4, -0.2) is 30.7 Å². The summed E-state index contributed by atoms with van der Waals surface area (Å²) in [5, 5.41) is 0. The number of benzene rings is 2. The standard InChI is InChI=1S/C30H40N3O2.HI/c1-7-18-32-26-10-8-9-11-27(26)33(30(32)23-13-15-24(16-14-23)31(5)6)20-29(34)35-28-19-22(4)12-17-25(28)21(2)3;/h7-11,13-16,21-22,25,28H,1,12,17-20H2,2-6H3;1H/q+1;/p-1/t22-,25+,28?;/m1./s1. The fraction of sp³-hybridized carbons (Fsp3) is 0.467. The number of para-hydroxylation sites is 2. The predicted octanol–water partition coefficient (Wildman–Crippen LogP) is 2.86. The van der Waals surface area contributed by atoms with E-state index >= 15 is 0 Å². The van der Waals surface area contributed by atoms with E-state index in [1.54, 1.807) is 0 Å². The van der Waals surface area contributed by atoms with E-state index in [0.717, 1.165) is 41.0 Å². The highest BCUT2D eigenvalue weighted by atomic mass is 127. The minimum Gasteiger partial charge on any atom is -1.00 e. The smallest absolute Gasteiger partial charge is 0.348 e. The molecular formula is C30H40IN3O2. The Labute approximate surface area is 233 Å². The molecule has 0 spiro atoms. The quantitative estimate of drug-likeness (QED) is 0.173. The number of allylic oxidation sites excluding steroid dienone is 1. The number of esters is 1. The number of hydrogen-bond donors (Lipinski definition) is 0. The molecule has 3 aromatic rings. The first kappa shape index (κ1) is 28.2. The maximum absolute atomic E-state index is 13.4. The van der Waals surface area contributed by atoms with Crippen LogP contribution in [0.3, 0.4) is 0 Å². The van der Waals surface area contributed by atoms with Crippen LogP contribution in [0.5, 0.6) is 0 Å². The minimum atomic E-state index is -0.160. The normalized spacial score (nSPS) is 19.7. The van der Waals surface area contributed by atoms with Gasteiger partial charge in [0.25, 0.3) is 5.82 Å². The van der Waals surface area contributed by atoms with Crippen LogP contribution >= 0.6 is 0 Å². The number of aromatic nitrogens is 2. The van der Waals surface area contributed by atoms with Crippen LogP contribution in [-0.2, 0) is 22.6 Å². The third kappa shape index (κ3) is 5.96. The molecule has 4 rings (SSSR count). The van der Waals surface area contributed by atoms with Gasteiger partial charge in [-0.25, -0.2) is 13.9 Å². The molecule has 1 saturated carbocycles. The van der Waals surface area contributed by atoms with Crippen LogP contribution in [0.15, 0.2) is 61.2 Å². The highest BCUT2D eigenvalue weighted by Gasteiger charge is 2.35. The van der Waals surface area contributed by atoms with Gasteiger partial charge in [0.15, 0.2) is 17.6 Å². The summed E-state index contributed by atoms with van der Waals surface area (Å²) in [7, 11) is 4.08. The Kier molecular flexibility index (Phi) is 9.61. The van der Waals surface area contributed by atoms with Gasteiger partial charge in [-0.15, -0.1) is 0 Å². The Bertz CT molecular complexity index is 1180. The minimum absolute atomic E-state index is 0. The van der Waals surface area contributed by atoms with E-state index in [0.29, 0.717) is 24.3 Å². The Morgan fingerprint density at radius 2 is 1.86 bits per heavy atom. The van der Waals surface area contributed by atoms with Crippen molar-refractivity contribution in [2.45, 2.75) is 59.2 Å². The molecule has 1 fully saturated rings. The number of imidazole rings is 1. The second-order valence-electron chi connectivity index (χ2n) is 10.6. The van der Waals surface area contributed by atoms with E-state index in [1.165, 1.54) is 6.42 Å². The molecule has 2 aromatic carbocycles. The highest BCUT2D eigenvalue weighted by molar-refractivity contribution is 5.78. The van der Waals surface area contributed by atoms with Crippen molar-refractivity contribution < 1.29 is 38.1 Å². The third-order valence-corrected chi connectivity index (χ3v) is 7.46. The van der Waals surface area contributed by atoms with E-state index in [4.69, 9.17) is 4.74 Å². The maximum atomic E-state index is 13.4. The summed E-state index contributed by atoms with van der Waals surface area (Å²) in [6, 6.07) is 16.7. The lowest BCUT2D eigenvalue weighted by Crippen LogP contribution is -3.00. The first-order chi connectivity index (χ1) is 16.8. The number of anilines is 1. The Balaban J connectivity index is 0.00000361. The summed E-state index contributed by atoms with van der Waals surface area (Å²) >= 11 is 0. The van der Waals surface area contributed by atoms with Crippen molar-refractivity contribution in [1.82, 2.24) is 4.57 Å². The largest absolute Gasteiger partial charge is 1.00 e. The third-order valence-electron chi connectivity index (χ3n) is 7.46. The van der Waals surface area contributed by atoms with Gasteiger partial charge in [-0.1, -0.05) is 52.0 Å². The topological polar surface area (TPSA) is 38.4 Å². The monoisotopic (exact) mass is 601 g/mol. The predicted molar refractivity (Wildman–Crippen MR) is 143 cm³/mol. The van der Waals surface area contributed by atoms with Gasteiger partial charge in [-0.05, 0) is 67.0 Å². The van der Waals surface area contributed by atoms with Crippen molar-refractivity contribution in [3.63, 3.8) is 0 Å². The summed E-state index contributed by atoms with van der Waals surface area (Å²) in [6.07, 6.45) is 5.20. The second kappa shape index (κ2) is 12.3. The second-order valence-corrected chi connectivity index (χ2v) is 10.6. The van der Waals surface area contributed by atoms with Crippen LogP contribution in [0.25, 0.3) is 22.4 Å². The Morgan fingerprint density at radius 3 is 2.50 bits per heavy atom. The molecule has 5 nitrogen and oxygen atoms in total. The van der Waals surface area contributed by atoms with Crippen molar-refractivity contribution in [1.29, 1.82) is 0 Å². The average Bonchev–Trinajstić information content (AvgIpc) is 3.12. The molecule has 0 aliphatic heterocycles. The first-order valence-corrected chi connectivity index (χ1v) is 12.9. The van der Waals surface area contributed by atoms with Gasteiger partial charge in [0.05, 0.1) is 5.56 Å². The average molecular weight is 602 g/mol. The molecule has 1 aliphatic rings. The zero-order valence-corrected chi connectivity index (χ0v) is 24.4. The lowest BCUT2D eigenvalue weighted by Gasteiger charge is -2.36. The number of hydrogen-bond acceptors (Lipinski definition) is 3. The van der Waals surface area contributed by atoms with Crippen LogP contribution in [0.1, 0.15) is 40.0 Å². The van der Waals surface area contributed by atoms with Crippen molar-refractivity contribution in [3.05, 3.63) is 61.2 Å². The molecule has 6 heteroatoms. The van der Waals surface area contributed by atoms with E-state index in [9.17, 15) is 4.79 Å². The molecule has 194 valence electrons. The fourth-order valence-electron chi connectivity index (χ4n) is 5.57. The summed E-state index contributed by atoms with van der Waals surface area (Å²) in [5.74, 6) is 2.36. The van der Waals surface area contributed by atoms with Gasteiger partial charge < -0.3 is 33.6 Å². The molecule has 1 heterocycles. The van der Waals surface area contributed by atoms with Crippen LogP contribution < -0.4 is 33.4 Å². The highest BCUT2D eigenvalue weighted by Crippen LogP contribution is 2.35. The SMILES string of the molecule is C=CCn1c(-c2ccc(N(C)C)cc2)[n+](CC(=O)OC2C[C@H](C)CC[C@H]2C(C)C)c2ccccc21.[I-]. The molecule has 0 bridgehead atoms. The van der Waals surface area contributed by atoms with Crippen molar-refractivity contribution in [3.8, 4) is 11.4 Å². The van der Waals surface area contributed by atoms with E-state index in [-0.39, 0.29) is 42.6 Å². The van der Waals surface area contributed by atoms with Gasteiger partial charge in [0.2, 0.25) is 0 Å². The molecular weight excluding hydrogens is 561 g/mol. The van der Waals surface area contributed by atoms with Gasteiger partial charge in [-0.2, -0.15) is 0 Å². The van der Waals surface area contributed by atoms with Crippen LogP contribution in [0, 0.1) is 17.8 Å². The lowest BCUT2D eigenvalue weighted by molar-refractivity contribution is -0.649. The van der Waals surface area contributed by atoms with E-state index in [2.05, 4.69) is 77.8 Å². The number of nitrogens with zero attached hydrogens (tertiary/aromatic N) is 3. The number of fused-ring (bicyclic) bond motifs is 1. The molecule has 1 aliphatic carbocycles. The van der Waals surface area contributed by atoms with Crippen LogP contribution in [0.2, 0.25) is 0 Å². The molecule has 0 amide bonds. The lowest BCUT2D eigenvalue weighted by atomic mass is 9.75. The summed E-state index contributed by atoms with van der Waals surface area (Å²) in [6.45, 7) is 11.6. The summed E-state index contributed by atoms with van der Waals surface area (Å²) < 4.78 is 10.6. The molecule has 0 N–H and O–H groups in total. The molecule has 0 radical (unpaired) electrons. The number of halogens is 1. The molecule has 1 unspecified atom stereocenters. The van der Waals surface area contributed by atoms with Gasteiger partial charge >= 0.3 is 5.97 Å². The van der Waals surface area contributed by atoms with Gasteiger partial charge in [0, 0.05) is 19.8 Å². The Morgan fingerprint density at radius 1 is 1.17 bits per heavy atom. The van der Waals surface area contributed by atoms with Crippen molar-refractivity contribution in [2.75, 3.05) is 19.0 Å². The first-order valence-electron chi connectivity index (χ1n) is 12.9. The van der Waals surface area contributed by atoms with Crippen LogP contribution in [0.4, 0.5) is 5.69 Å². The molecule has 36 heavy (non-hydrogen) atoms. The van der Waals surface area contributed by atoms with Gasteiger partial charge in [-0.3, -0.25) is 0 Å². The summed E-state index contributed by atoms with van der Waals surface area (Å²) in [5.41, 5.74) is 4.30. The maximum Gasteiger partial charge on any atom is 0.348 e. The zero-order chi connectivity index (χ0) is 25.1. The Hall–Kier alpha value is -2.35. The summed E-state index contributed by atoms with van der Waals surface area (Å²) in [4.78, 5) is 15.5. The molecule has 1 aromatic heterocycles. The van der Waals surface area contributed by atoms with Crippen molar-refractivity contribution >= 4 is 22.7 Å². The van der Waals surface area contributed by atoms with E-state index < -0.39 is 0 Å². The number of carbonyl (C=O) groups is 1. The molecule has 0 saturated heterocycles.